The van der Waals surface area contributed by atoms with Crippen LogP contribution in [-0.4, -0.2) is 61.3 Å². The maximum atomic E-state index is 13.9. The summed E-state index contributed by atoms with van der Waals surface area (Å²) in [6, 6.07) is 12.6. The highest BCUT2D eigenvalue weighted by Crippen LogP contribution is 2.57. The van der Waals surface area contributed by atoms with Crippen molar-refractivity contribution in [3.63, 3.8) is 0 Å². The molecule has 10 heteroatoms. The monoisotopic (exact) mass is 535 g/mol. The number of aliphatic hydroxyl groups is 1. The van der Waals surface area contributed by atoms with E-state index in [1.807, 2.05) is 26.0 Å². The maximum Gasteiger partial charge on any atom is 0.317 e. The Bertz CT molecular complexity index is 1040. The number of hydrogen-bond donors (Lipinski definition) is 2. The van der Waals surface area contributed by atoms with Crippen LogP contribution in [0.15, 0.2) is 48.5 Å². The number of anilines is 1. The molecule has 2 fully saturated rings. The Labute approximate surface area is 222 Å². The van der Waals surface area contributed by atoms with Crippen molar-refractivity contribution in [2.24, 2.45) is 5.41 Å². The Morgan fingerprint density at radius 2 is 1.84 bits per heavy atom. The minimum Gasteiger partial charge on any atom is -0.471 e. The van der Waals surface area contributed by atoms with Gasteiger partial charge in [-0.05, 0) is 55.7 Å². The van der Waals surface area contributed by atoms with Crippen LogP contribution < -0.4 is 10.2 Å². The summed E-state index contributed by atoms with van der Waals surface area (Å²) in [5.74, 6) is -0.451. The normalized spacial score (nSPS) is 18.4. The van der Waals surface area contributed by atoms with Gasteiger partial charge in [0.1, 0.15) is 5.82 Å². The Balaban J connectivity index is 0.000000733. The van der Waals surface area contributed by atoms with Crippen LogP contribution in [0.25, 0.3) is 0 Å². The first kappa shape index (κ1) is 30.1. The zero-order valence-electron chi connectivity index (χ0n) is 21.6. The van der Waals surface area contributed by atoms with Gasteiger partial charge in [-0.3, -0.25) is 9.59 Å². The Kier molecular flexibility index (Phi) is 11.3. The molecule has 2 aromatic carbocycles. The summed E-state index contributed by atoms with van der Waals surface area (Å²) < 4.78 is 17.7. The first-order valence-corrected chi connectivity index (χ1v) is 12.6. The molecule has 0 bridgehead atoms. The van der Waals surface area contributed by atoms with E-state index >= 15 is 0 Å². The van der Waals surface area contributed by atoms with Gasteiger partial charge in [-0.15, -0.1) is 0 Å². The van der Waals surface area contributed by atoms with Crippen LogP contribution in [-0.2, 0) is 14.3 Å². The van der Waals surface area contributed by atoms with Gasteiger partial charge in [0.2, 0.25) is 5.91 Å². The fraction of sp³-hybridized carbons (Fsp3) is 0.444. The fourth-order valence-corrected chi connectivity index (χ4v) is 4.73. The molecule has 2 heterocycles. The SMILES string of the molecule is CC.CC(CO)NC(=O)N1CCC2(CC1)C(=O)N(c1cccc(F)c1)C2c1ccc(Cl)cc1.COC=O. The van der Waals surface area contributed by atoms with E-state index in [1.165, 1.54) is 19.2 Å². The molecular weight excluding hydrogens is 501 g/mol. The summed E-state index contributed by atoms with van der Waals surface area (Å²) in [5.41, 5.74) is 0.798. The van der Waals surface area contributed by atoms with Crippen molar-refractivity contribution >= 4 is 35.7 Å². The van der Waals surface area contributed by atoms with Crippen molar-refractivity contribution in [3.05, 3.63) is 64.9 Å². The number of nitrogens with zero attached hydrogens (tertiary/aromatic N) is 2. The summed E-state index contributed by atoms with van der Waals surface area (Å²) in [4.78, 5) is 38.1. The third kappa shape index (κ3) is 6.78. The number of urea groups is 1. The molecule has 202 valence electrons. The van der Waals surface area contributed by atoms with Crippen molar-refractivity contribution < 1.29 is 28.6 Å². The number of β-lactam (4-membered cyclic amide) rings is 1. The van der Waals surface area contributed by atoms with E-state index in [4.69, 9.17) is 21.5 Å². The van der Waals surface area contributed by atoms with Crippen LogP contribution in [0.2, 0.25) is 5.02 Å². The van der Waals surface area contributed by atoms with Crippen LogP contribution >= 0.6 is 11.6 Å². The molecule has 2 atom stereocenters. The van der Waals surface area contributed by atoms with Gasteiger partial charge in [0, 0.05) is 23.8 Å². The number of rotatable bonds is 5. The molecule has 0 aromatic heterocycles. The van der Waals surface area contributed by atoms with Gasteiger partial charge in [0.15, 0.2) is 0 Å². The van der Waals surface area contributed by atoms with Crippen LogP contribution in [0.3, 0.4) is 0 Å². The highest BCUT2D eigenvalue weighted by Gasteiger charge is 2.62. The van der Waals surface area contributed by atoms with Gasteiger partial charge in [-0.1, -0.05) is 43.6 Å². The quantitative estimate of drug-likeness (QED) is 0.432. The van der Waals surface area contributed by atoms with Crippen LogP contribution in [0.5, 0.6) is 0 Å². The lowest BCUT2D eigenvalue weighted by atomic mass is 9.62. The Morgan fingerprint density at radius 3 is 2.35 bits per heavy atom. The van der Waals surface area contributed by atoms with E-state index in [-0.39, 0.29) is 30.6 Å². The van der Waals surface area contributed by atoms with Gasteiger partial charge in [-0.25, -0.2) is 9.18 Å². The lowest BCUT2D eigenvalue weighted by Crippen LogP contribution is -2.67. The standard InChI is InChI=1S/C23H25ClFN3O3.C2H4O2.C2H6/c1-15(14-29)26-22(31)27-11-9-23(10-12-27)20(16-5-7-17(24)8-6-16)28(21(23)30)19-4-2-3-18(25)13-19;1-4-2-3;1-2/h2-8,13,15,20,29H,9-12,14H2,1H3,(H,26,31);2H,1H3;1-2H3. The highest BCUT2D eigenvalue weighted by atomic mass is 35.5. The number of carbonyl (C=O) groups is 3. The summed E-state index contributed by atoms with van der Waals surface area (Å²) >= 11 is 6.07. The number of piperidine rings is 1. The number of carbonyl (C=O) groups excluding carboxylic acids is 3. The van der Waals surface area contributed by atoms with Crippen LogP contribution in [0.4, 0.5) is 14.9 Å². The van der Waals surface area contributed by atoms with Crippen LogP contribution in [0.1, 0.15) is 45.2 Å². The fourth-order valence-electron chi connectivity index (χ4n) is 4.60. The Morgan fingerprint density at radius 1 is 1.24 bits per heavy atom. The second-order valence-electron chi connectivity index (χ2n) is 8.62. The Hall–Kier alpha value is -3.17. The molecule has 4 rings (SSSR count). The van der Waals surface area contributed by atoms with Crippen molar-refractivity contribution in [1.29, 1.82) is 0 Å². The minimum absolute atomic E-state index is 0.0539. The lowest BCUT2D eigenvalue weighted by Gasteiger charge is -2.59. The molecule has 2 aliphatic rings. The average Bonchev–Trinajstić information content (AvgIpc) is 2.93. The van der Waals surface area contributed by atoms with Crippen molar-refractivity contribution in [3.8, 4) is 0 Å². The molecule has 2 aromatic rings. The van der Waals surface area contributed by atoms with Gasteiger partial charge < -0.3 is 25.0 Å². The molecular formula is C27H35ClFN3O5. The van der Waals surface area contributed by atoms with Crippen molar-refractivity contribution in [1.82, 2.24) is 10.2 Å². The third-order valence-electron chi connectivity index (χ3n) is 6.38. The predicted octanol–water partition coefficient (Wildman–Crippen LogP) is 4.56. The number of benzene rings is 2. The van der Waals surface area contributed by atoms with Crippen LogP contribution in [0, 0.1) is 11.2 Å². The second-order valence-corrected chi connectivity index (χ2v) is 9.05. The molecule has 3 amide bonds. The van der Waals surface area contributed by atoms with E-state index in [0.29, 0.717) is 43.1 Å². The molecule has 2 N–H and O–H groups in total. The van der Waals surface area contributed by atoms with E-state index in [9.17, 15) is 14.0 Å². The number of amides is 3. The predicted molar refractivity (Wildman–Crippen MR) is 141 cm³/mol. The number of ether oxygens (including phenoxy) is 1. The van der Waals surface area contributed by atoms with E-state index in [2.05, 4.69) is 10.1 Å². The highest BCUT2D eigenvalue weighted by molar-refractivity contribution is 6.30. The summed E-state index contributed by atoms with van der Waals surface area (Å²) in [6.45, 7) is 6.82. The average molecular weight is 536 g/mol. The second kappa shape index (κ2) is 13.9. The third-order valence-corrected chi connectivity index (χ3v) is 6.63. The minimum atomic E-state index is -0.653. The summed E-state index contributed by atoms with van der Waals surface area (Å²) in [6.07, 6.45) is 1.01. The maximum absolute atomic E-state index is 13.9. The first-order chi connectivity index (χ1) is 17.8. The zero-order valence-corrected chi connectivity index (χ0v) is 22.4. The first-order valence-electron chi connectivity index (χ1n) is 12.2. The number of likely N-dealkylation sites (tertiary alicyclic amines) is 1. The van der Waals surface area contributed by atoms with Gasteiger partial charge >= 0.3 is 6.03 Å². The van der Waals surface area contributed by atoms with Gasteiger partial charge in [0.25, 0.3) is 6.47 Å². The van der Waals surface area contributed by atoms with E-state index in [0.717, 1.165) is 5.56 Å². The van der Waals surface area contributed by atoms with E-state index < -0.39 is 11.2 Å². The number of aliphatic hydroxyl groups excluding tert-OH is 1. The number of halogens is 2. The molecule has 2 unspecified atom stereocenters. The van der Waals surface area contributed by atoms with Crippen molar-refractivity contribution in [2.75, 3.05) is 31.7 Å². The zero-order chi connectivity index (χ0) is 27.6. The molecule has 1 spiro atoms. The van der Waals surface area contributed by atoms with Gasteiger partial charge in [0.05, 0.1) is 31.2 Å². The number of methoxy groups -OCH3 is 1. The molecule has 0 radical (unpaired) electrons. The number of hydrogen-bond acceptors (Lipinski definition) is 5. The molecule has 37 heavy (non-hydrogen) atoms. The topological polar surface area (TPSA) is 99.2 Å². The molecule has 2 aliphatic heterocycles. The molecule has 0 saturated carbocycles. The summed E-state index contributed by atoms with van der Waals surface area (Å²) in [5, 5.41) is 12.5. The molecule has 0 aliphatic carbocycles. The lowest BCUT2D eigenvalue weighted by molar-refractivity contribution is -0.144. The van der Waals surface area contributed by atoms with E-state index in [1.54, 1.807) is 41.0 Å². The molecule has 8 nitrogen and oxygen atoms in total. The smallest absolute Gasteiger partial charge is 0.317 e. The van der Waals surface area contributed by atoms with Gasteiger partial charge in [-0.2, -0.15) is 0 Å². The number of nitrogens with one attached hydrogen (secondary N) is 1. The summed E-state index contributed by atoms with van der Waals surface area (Å²) in [7, 11) is 1.31. The largest absolute Gasteiger partial charge is 0.471 e. The molecule has 2 saturated heterocycles. The van der Waals surface area contributed by atoms with Crippen molar-refractivity contribution in [2.45, 2.75) is 45.7 Å².